The number of nitrogens with zero attached hydrogens (tertiary/aromatic N) is 1. The van der Waals surface area contributed by atoms with Gasteiger partial charge in [0, 0.05) is 17.8 Å². The van der Waals surface area contributed by atoms with Crippen molar-refractivity contribution < 1.29 is 4.74 Å². The highest BCUT2D eigenvalue weighted by molar-refractivity contribution is 7.80. The molecule has 1 aliphatic rings. The Bertz CT molecular complexity index is 447. The maximum absolute atomic E-state index is 5.69. The highest BCUT2D eigenvalue weighted by atomic mass is 32.1. The number of hydrogen-bond acceptors (Lipinski definition) is 3. The summed E-state index contributed by atoms with van der Waals surface area (Å²) in [5.74, 6) is 0. The molecule has 0 radical (unpaired) electrons. The molecule has 0 saturated carbocycles. The lowest BCUT2D eigenvalue weighted by molar-refractivity contribution is 0.0930. The lowest BCUT2D eigenvalue weighted by Gasteiger charge is -2.37. The van der Waals surface area contributed by atoms with Crippen molar-refractivity contribution in [1.82, 2.24) is 0 Å². The van der Waals surface area contributed by atoms with E-state index in [0.717, 1.165) is 37.3 Å². The molecular weight excluding hydrogens is 244 g/mol. The van der Waals surface area contributed by atoms with Gasteiger partial charge >= 0.3 is 0 Å². The van der Waals surface area contributed by atoms with E-state index in [1.54, 1.807) is 0 Å². The third-order valence-corrected chi connectivity index (χ3v) is 3.73. The maximum Gasteiger partial charge on any atom is 0.104 e. The topological polar surface area (TPSA) is 38.5 Å². The van der Waals surface area contributed by atoms with E-state index in [9.17, 15) is 0 Å². The van der Waals surface area contributed by atoms with Crippen LogP contribution in [0.4, 0.5) is 5.69 Å². The van der Waals surface area contributed by atoms with Crippen LogP contribution in [0.25, 0.3) is 0 Å². The molecule has 0 amide bonds. The first-order chi connectivity index (χ1) is 8.63. The second-order valence-electron chi connectivity index (χ2n) is 4.69. The average molecular weight is 264 g/mol. The van der Waals surface area contributed by atoms with Crippen LogP contribution in [0.5, 0.6) is 0 Å². The van der Waals surface area contributed by atoms with Crippen LogP contribution >= 0.6 is 12.2 Å². The molecule has 1 aromatic rings. The van der Waals surface area contributed by atoms with E-state index in [-0.39, 0.29) is 0 Å². The number of nitrogens with two attached hydrogens (primary N) is 1. The Morgan fingerprint density at radius 2 is 2.33 bits per heavy atom. The smallest absolute Gasteiger partial charge is 0.104 e. The summed E-state index contributed by atoms with van der Waals surface area (Å²) in [5.41, 5.74) is 9.04. The third-order valence-electron chi connectivity index (χ3n) is 3.51. The number of rotatable bonds is 3. The van der Waals surface area contributed by atoms with Gasteiger partial charge < -0.3 is 15.4 Å². The number of hydrogen-bond donors (Lipinski definition) is 1. The van der Waals surface area contributed by atoms with E-state index in [0.29, 0.717) is 11.0 Å². The molecule has 1 heterocycles. The Balaban J connectivity index is 2.27. The van der Waals surface area contributed by atoms with Gasteiger partial charge in [-0.3, -0.25) is 0 Å². The van der Waals surface area contributed by atoms with Crippen molar-refractivity contribution in [2.45, 2.75) is 26.3 Å². The number of morpholine rings is 1. The molecule has 0 bridgehead atoms. The molecule has 0 aliphatic carbocycles. The summed E-state index contributed by atoms with van der Waals surface area (Å²) in [7, 11) is 0. The predicted molar refractivity (Wildman–Crippen MR) is 79.3 cm³/mol. The van der Waals surface area contributed by atoms with E-state index in [4.69, 9.17) is 22.7 Å². The minimum absolute atomic E-state index is 0.466. The van der Waals surface area contributed by atoms with Crippen LogP contribution in [0.3, 0.4) is 0 Å². The molecule has 98 valence electrons. The van der Waals surface area contributed by atoms with Gasteiger partial charge in [0.05, 0.1) is 19.3 Å². The number of anilines is 1. The molecular formula is C14H20N2OS. The third kappa shape index (κ3) is 2.65. The molecule has 1 fully saturated rings. The Labute approximate surface area is 114 Å². The number of aryl methyl sites for hydroxylation is 1. The lowest BCUT2D eigenvalue weighted by Crippen LogP contribution is -2.45. The van der Waals surface area contributed by atoms with Gasteiger partial charge in [-0.1, -0.05) is 19.1 Å². The van der Waals surface area contributed by atoms with Crippen molar-refractivity contribution in [2.24, 2.45) is 5.73 Å². The fraction of sp³-hybridized carbons (Fsp3) is 0.500. The van der Waals surface area contributed by atoms with Gasteiger partial charge in [-0.05, 0) is 37.1 Å². The molecule has 0 spiro atoms. The van der Waals surface area contributed by atoms with Crippen LogP contribution in [0, 0.1) is 6.92 Å². The van der Waals surface area contributed by atoms with Gasteiger partial charge in [-0.2, -0.15) is 0 Å². The predicted octanol–water partition coefficient (Wildman–Crippen LogP) is 2.24. The Morgan fingerprint density at radius 3 is 2.94 bits per heavy atom. The van der Waals surface area contributed by atoms with Gasteiger partial charge in [0.2, 0.25) is 0 Å². The van der Waals surface area contributed by atoms with E-state index in [1.165, 1.54) is 5.69 Å². The van der Waals surface area contributed by atoms with Crippen molar-refractivity contribution in [3.05, 3.63) is 29.3 Å². The summed E-state index contributed by atoms with van der Waals surface area (Å²) in [6, 6.07) is 6.77. The molecule has 1 aromatic carbocycles. The van der Waals surface area contributed by atoms with Crippen LogP contribution in [0.1, 0.15) is 24.5 Å². The van der Waals surface area contributed by atoms with Crippen molar-refractivity contribution >= 4 is 22.9 Å². The quantitative estimate of drug-likeness (QED) is 0.850. The highest BCUT2D eigenvalue weighted by Crippen LogP contribution is 2.24. The molecule has 0 aromatic heterocycles. The molecule has 18 heavy (non-hydrogen) atoms. The highest BCUT2D eigenvalue weighted by Gasteiger charge is 2.21. The van der Waals surface area contributed by atoms with E-state index in [2.05, 4.69) is 30.9 Å². The standard InChI is InChI=1S/C14H20N2OS/c1-3-11-9-17-7-6-16(11)12-4-5-13(14(15)18)10(2)8-12/h4-5,8,11H,3,6-7,9H2,1-2H3,(H2,15,18). The Kier molecular flexibility index (Phi) is 4.19. The maximum atomic E-state index is 5.69. The molecule has 2 N–H and O–H groups in total. The molecule has 4 heteroatoms. The second-order valence-corrected chi connectivity index (χ2v) is 5.13. The largest absolute Gasteiger partial charge is 0.389 e. The van der Waals surface area contributed by atoms with E-state index in [1.807, 2.05) is 6.07 Å². The van der Waals surface area contributed by atoms with Gasteiger partial charge in [-0.15, -0.1) is 0 Å². The summed E-state index contributed by atoms with van der Waals surface area (Å²) in [6.07, 6.45) is 1.09. The zero-order valence-corrected chi connectivity index (χ0v) is 11.8. The summed E-state index contributed by atoms with van der Waals surface area (Å²) in [4.78, 5) is 2.88. The van der Waals surface area contributed by atoms with Crippen LogP contribution in [-0.4, -0.2) is 30.8 Å². The van der Waals surface area contributed by atoms with Gasteiger partial charge in [0.25, 0.3) is 0 Å². The van der Waals surface area contributed by atoms with Crippen molar-refractivity contribution in [1.29, 1.82) is 0 Å². The molecule has 1 unspecified atom stereocenters. The fourth-order valence-electron chi connectivity index (χ4n) is 2.44. The number of thiocarbonyl (C=S) groups is 1. The summed E-state index contributed by atoms with van der Waals surface area (Å²) < 4.78 is 5.53. The van der Waals surface area contributed by atoms with Crippen molar-refractivity contribution in [2.75, 3.05) is 24.7 Å². The number of benzene rings is 1. The number of ether oxygens (including phenoxy) is 1. The van der Waals surface area contributed by atoms with E-state index < -0.39 is 0 Å². The minimum atomic E-state index is 0.466. The van der Waals surface area contributed by atoms with Gasteiger partial charge in [0.1, 0.15) is 4.99 Å². The van der Waals surface area contributed by atoms with Crippen molar-refractivity contribution in [3.63, 3.8) is 0 Å². The molecule has 1 aliphatic heterocycles. The first kappa shape index (κ1) is 13.3. The first-order valence-corrected chi connectivity index (χ1v) is 6.79. The molecule has 1 saturated heterocycles. The Hall–Kier alpha value is -1.13. The minimum Gasteiger partial charge on any atom is -0.389 e. The normalized spacial score (nSPS) is 19.9. The molecule has 3 nitrogen and oxygen atoms in total. The van der Waals surface area contributed by atoms with E-state index >= 15 is 0 Å². The van der Waals surface area contributed by atoms with Crippen LogP contribution < -0.4 is 10.6 Å². The fourth-order valence-corrected chi connectivity index (χ4v) is 2.66. The van der Waals surface area contributed by atoms with Gasteiger partial charge in [-0.25, -0.2) is 0 Å². The molecule has 1 atom stereocenters. The van der Waals surface area contributed by atoms with Crippen LogP contribution in [0.15, 0.2) is 18.2 Å². The van der Waals surface area contributed by atoms with Crippen molar-refractivity contribution in [3.8, 4) is 0 Å². The Morgan fingerprint density at radius 1 is 1.56 bits per heavy atom. The first-order valence-electron chi connectivity index (χ1n) is 6.38. The van der Waals surface area contributed by atoms with Crippen LogP contribution in [0.2, 0.25) is 0 Å². The molecule has 2 rings (SSSR count). The monoisotopic (exact) mass is 264 g/mol. The zero-order valence-electron chi connectivity index (χ0n) is 11.0. The van der Waals surface area contributed by atoms with Crippen LogP contribution in [-0.2, 0) is 4.74 Å². The average Bonchev–Trinajstić information content (AvgIpc) is 2.38. The summed E-state index contributed by atoms with van der Waals surface area (Å²) >= 11 is 5.04. The van der Waals surface area contributed by atoms with Gasteiger partial charge in [0.15, 0.2) is 0 Å². The zero-order chi connectivity index (χ0) is 13.1. The second kappa shape index (κ2) is 5.67. The SMILES string of the molecule is CCC1COCCN1c1ccc(C(N)=S)c(C)c1. The summed E-state index contributed by atoms with van der Waals surface area (Å²) in [5, 5.41) is 0. The lowest BCUT2D eigenvalue weighted by atomic mass is 10.1. The summed E-state index contributed by atoms with van der Waals surface area (Å²) in [6.45, 7) is 6.81.